The number of nitrogens with zero attached hydrogens (tertiary/aromatic N) is 2. The van der Waals surface area contributed by atoms with E-state index in [9.17, 15) is 9.90 Å². The fourth-order valence-corrected chi connectivity index (χ4v) is 2.84. The molecule has 0 spiro atoms. The molecule has 0 unspecified atom stereocenters. The molecule has 0 amide bonds. The molecule has 19 heavy (non-hydrogen) atoms. The number of hydrogen-bond acceptors (Lipinski definition) is 3. The van der Waals surface area contributed by atoms with Gasteiger partial charge in [-0.3, -0.25) is 0 Å². The van der Waals surface area contributed by atoms with Crippen molar-refractivity contribution in [2.75, 3.05) is 18.0 Å². The molecule has 1 aromatic rings. The Balaban J connectivity index is 1.99. The Labute approximate surface area is 113 Å². The van der Waals surface area contributed by atoms with E-state index in [1.165, 1.54) is 12.8 Å². The molecule has 0 aromatic carbocycles. The van der Waals surface area contributed by atoms with Crippen LogP contribution in [-0.4, -0.2) is 29.1 Å². The number of pyridine rings is 1. The van der Waals surface area contributed by atoms with Gasteiger partial charge in [0.25, 0.3) is 0 Å². The highest BCUT2D eigenvalue weighted by Crippen LogP contribution is 2.33. The Morgan fingerprint density at radius 3 is 2.89 bits per heavy atom. The molecule has 1 fully saturated rings. The first-order chi connectivity index (χ1) is 9.19. The molecule has 102 valence electrons. The second kappa shape index (κ2) is 4.83. The van der Waals surface area contributed by atoms with Crippen LogP contribution in [0, 0.1) is 5.92 Å². The van der Waals surface area contributed by atoms with E-state index in [0.29, 0.717) is 11.4 Å². The number of rotatable bonds is 5. The average Bonchev–Trinajstić information content (AvgIpc) is 3.10. The minimum absolute atomic E-state index is 0.378. The summed E-state index contributed by atoms with van der Waals surface area (Å²) in [5.41, 5.74) is 2.61. The van der Waals surface area contributed by atoms with Gasteiger partial charge in [0.15, 0.2) is 0 Å². The third-order valence-electron chi connectivity index (χ3n) is 4.12. The normalized spacial score (nSPS) is 17.3. The van der Waals surface area contributed by atoms with Gasteiger partial charge in [-0.2, -0.15) is 0 Å². The minimum Gasteiger partial charge on any atom is -0.478 e. The van der Waals surface area contributed by atoms with Crippen LogP contribution in [0.15, 0.2) is 6.07 Å². The number of hydrogen-bond donors (Lipinski definition) is 1. The minimum atomic E-state index is -0.855. The Bertz CT molecular complexity index is 509. The van der Waals surface area contributed by atoms with Gasteiger partial charge in [-0.15, -0.1) is 0 Å². The van der Waals surface area contributed by atoms with Crippen LogP contribution in [0.4, 0.5) is 5.82 Å². The fourth-order valence-electron chi connectivity index (χ4n) is 2.84. The Morgan fingerprint density at radius 1 is 1.47 bits per heavy atom. The number of carboxylic acids is 1. The summed E-state index contributed by atoms with van der Waals surface area (Å²) in [4.78, 5) is 18.3. The molecule has 0 aliphatic heterocycles. The summed E-state index contributed by atoms with van der Waals surface area (Å²) in [7, 11) is 0. The van der Waals surface area contributed by atoms with E-state index in [4.69, 9.17) is 0 Å². The SMILES string of the molecule is CCN(CC1CC1)c1nc2c(cc1C(=O)O)CCC2. The summed E-state index contributed by atoms with van der Waals surface area (Å²) in [6.45, 7) is 3.84. The van der Waals surface area contributed by atoms with Gasteiger partial charge in [-0.05, 0) is 56.6 Å². The Hall–Kier alpha value is -1.58. The summed E-state index contributed by atoms with van der Waals surface area (Å²) in [6.07, 6.45) is 5.59. The molecule has 0 saturated heterocycles. The van der Waals surface area contributed by atoms with Crippen molar-refractivity contribution in [1.29, 1.82) is 0 Å². The summed E-state index contributed by atoms with van der Waals surface area (Å²) < 4.78 is 0. The van der Waals surface area contributed by atoms with Crippen molar-refractivity contribution in [3.8, 4) is 0 Å². The van der Waals surface area contributed by atoms with Gasteiger partial charge < -0.3 is 10.0 Å². The molecule has 1 aromatic heterocycles. The molecule has 4 nitrogen and oxygen atoms in total. The van der Waals surface area contributed by atoms with E-state index < -0.39 is 5.97 Å². The van der Waals surface area contributed by atoms with Gasteiger partial charge in [0.2, 0.25) is 0 Å². The molecule has 1 saturated carbocycles. The first-order valence-corrected chi connectivity index (χ1v) is 7.20. The molecule has 0 bridgehead atoms. The highest BCUT2D eigenvalue weighted by Gasteiger charge is 2.28. The first-order valence-electron chi connectivity index (χ1n) is 7.20. The Morgan fingerprint density at radius 2 is 2.26 bits per heavy atom. The van der Waals surface area contributed by atoms with Gasteiger partial charge in [0, 0.05) is 18.8 Å². The van der Waals surface area contributed by atoms with Gasteiger partial charge in [0.1, 0.15) is 11.4 Å². The number of aromatic nitrogens is 1. The number of aromatic carboxylic acids is 1. The highest BCUT2D eigenvalue weighted by molar-refractivity contribution is 5.93. The van der Waals surface area contributed by atoms with Crippen LogP contribution in [0.5, 0.6) is 0 Å². The van der Waals surface area contributed by atoms with E-state index in [1.807, 2.05) is 6.07 Å². The molecule has 1 heterocycles. The maximum absolute atomic E-state index is 11.5. The molecule has 2 aliphatic carbocycles. The van der Waals surface area contributed by atoms with E-state index >= 15 is 0 Å². The van der Waals surface area contributed by atoms with Gasteiger partial charge in [-0.25, -0.2) is 9.78 Å². The van der Waals surface area contributed by atoms with Gasteiger partial charge in [0.05, 0.1) is 0 Å². The third kappa shape index (κ3) is 2.44. The van der Waals surface area contributed by atoms with Crippen LogP contribution in [0.3, 0.4) is 0 Å². The lowest BCUT2D eigenvalue weighted by Gasteiger charge is -2.24. The predicted molar refractivity (Wildman–Crippen MR) is 73.8 cm³/mol. The van der Waals surface area contributed by atoms with Crippen LogP contribution in [0.25, 0.3) is 0 Å². The molecular weight excluding hydrogens is 240 g/mol. The number of anilines is 1. The van der Waals surface area contributed by atoms with E-state index in [0.717, 1.165) is 49.5 Å². The van der Waals surface area contributed by atoms with Crippen LogP contribution in [0.2, 0.25) is 0 Å². The summed E-state index contributed by atoms with van der Waals surface area (Å²) in [5, 5.41) is 9.42. The number of fused-ring (bicyclic) bond motifs is 1. The third-order valence-corrected chi connectivity index (χ3v) is 4.12. The monoisotopic (exact) mass is 260 g/mol. The lowest BCUT2D eigenvalue weighted by atomic mass is 10.1. The zero-order valence-electron chi connectivity index (χ0n) is 11.4. The van der Waals surface area contributed by atoms with Crippen molar-refractivity contribution < 1.29 is 9.90 Å². The molecule has 0 atom stereocenters. The summed E-state index contributed by atoms with van der Waals surface area (Å²) >= 11 is 0. The van der Waals surface area contributed by atoms with Gasteiger partial charge in [-0.1, -0.05) is 0 Å². The van der Waals surface area contributed by atoms with Crippen molar-refractivity contribution in [1.82, 2.24) is 4.98 Å². The number of carbonyl (C=O) groups is 1. The van der Waals surface area contributed by atoms with Crippen molar-refractivity contribution in [3.63, 3.8) is 0 Å². The molecule has 4 heteroatoms. The zero-order chi connectivity index (χ0) is 13.4. The second-order valence-corrected chi connectivity index (χ2v) is 5.61. The van der Waals surface area contributed by atoms with E-state index in [1.54, 1.807) is 0 Å². The van der Waals surface area contributed by atoms with Gasteiger partial charge >= 0.3 is 5.97 Å². The smallest absolute Gasteiger partial charge is 0.339 e. The van der Waals surface area contributed by atoms with Crippen LogP contribution >= 0.6 is 0 Å². The standard InChI is InChI=1S/C15H20N2O2/c1-2-17(9-10-6-7-10)14-12(15(18)19)8-11-4-3-5-13(11)16-14/h8,10H,2-7,9H2,1H3,(H,18,19). The number of carboxylic acid groups (broad SMARTS) is 1. The molecule has 0 radical (unpaired) electrons. The Kier molecular flexibility index (Phi) is 3.17. The van der Waals surface area contributed by atoms with E-state index in [2.05, 4.69) is 16.8 Å². The summed E-state index contributed by atoms with van der Waals surface area (Å²) in [5.74, 6) is 0.561. The largest absolute Gasteiger partial charge is 0.478 e. The topological polar surface area (TPSA) is 53.4 Å². The zero-order valence-corrected chi connectivity index (χ0v) is 11.4. The van der Waals surface area contributed by atoms with Crippen molar-refractivity contribution in [2.45, 2.75) is 39.0 Å². The van der Waals surface area contributed by atoms with E-state index in [-0.39, 0.29) is 0 Å². The number of aryl methyl sites for hydroxylation is 2. The van der Waals surface area contributed by atoms with Crippen LogP contribution in [0.1, 0.15) is 47.8 Å². The molecular formula is C15H20N2O2. The first kappa shape index (κ1) is 12.5. The van der Waals surface area contributed by atoms with Crippen molar-refractivity contribution >= 4 is 11.8 Å². The average molecular weight is 260 g/mol. The predicted octanol–water partition coefficient (Wildman–Crippen LogP) is 2.50. The lowest BCUT2D eigenvalue weighted by molar-refractivity contribution is 0.0697. The maximum Gasteiger partial charge on any atom is 0.339 e. The van der Waals surface area contributed by atoms with Crippen LogP contribution in [-0.2, 0) is 12.8 Å². The second-order valence-electron chi connectivity index (χ2n) is 5.61. The fraction of sp³-hybridized carbons (Fsp3) is 0.600. The van der Waals surface area contributed by atoms with Crippen molar-refractivity contribution in [3.05, 3.63) is 22.9 Å². The molecule has 3 rings (SSSR count). The quantitative estimate of drug-likeness (QED) is 0.883. The maximum atomic E-state index is 11.5. The van der Waals surface area contributed by atoms with Crippen LogP contribution < -0.4 is 4.90 Å². The molecule has 1 N–H and O–H groups in total. The highest BCUT2D eigenvalue weighted by atomic mass is 16.4. The lowest BCUT2D eigenvalue weighted by Crippen LogP contribution is -2.28. The molecule has 2 aliphatic rings. The summed E-state index contributed by atoms with van der Waals surface area (Å²) in [6, 6.07) is 1.85. The van der Waals surface area contributed by atoms with Crippen molar-refractivity contribution in [2.24, 2.45) is 5.92 Å².